The molecule has 1 aliphatic rings. The number of carboxylic acid groups (broad SMARTS) is 1. The summed E-state index contributed by atoms with van der Waals surface area (Å²) in [6.45, 7) is 7.73. The van der Waals surface area contributed by atoms with Crippen LogP contribution in [0.15, 0.2) is 11.6 Å². The van der Waals surface area contributed by atoms with Gasteiger partial charge in [0, 0.05) is 6.54 Å². The van der Waals surface area contributed by atoms with Crippen LogP contribution in [0.5, 0.6) is 0 Å². The molecular weight excluding hydrogens is 190 g/mol. The van der Waals surface area contributed by atoms with E-state index in [0.717, 1.165) is 25.9 Å². The van der Waals surface area contributed by atoms with Gasteiger partial charge in [0.2, 0.25) is 0 Å². The van der Waals surface area contributed by atoms with Crippen molar-refractivity contribution in [2.24, 2.45) is 0 Å². The van der Waals surface area contributed by atoms with E-state index in [9.17, 15) is 9.90 Å². The van der Waals surface area contributed by atoms with Gasteiger partial charge < -0.3 is 5.11 Å². The molecule has 0 spiro atoms. The number of carboxylic acids is 1. The minimum absolute atomic E-state index is 0.605. The molecule has 0 saturated carbocycles. The van der Waals surface area contributed by atoms with Crippen LogP contribution in [0.25, 0.3) is 0 Å². The van der Waals surface area contributed by atoms with E-state index in [4.69, 9.17) is 0 Å². The fourth-order valence-corrected chi connectivity index (χ4v) is 2.29. The van der Waals surface area contributed by atoms with Crippen molar-refractivity contribution in [3.8, 4) is 0 Å². The molecule has 0 aromatic rings. The number of likely N-dealkylation sites (tertiary alicyclic amines) is 1. The second-order valence-corrected chi connectivity index (χ2v) is 4.52. The predicted octanol–water partition coefficient (Wildman–Crippen LogP) is 2.28. The lowest BCUT2D eigenvalue weighted by molar-refractivity contribution is -0.149. The first-order valence-electron chi connectivity index (χ1n) is 5.64. The van der Waals surface area contributed by atoms with E-state index >= 15 is 0 Å². The van der Waals surface area contributed by atoms with E-state index < -0.39 is 11.5 Å². The first-order valence-corrected chi connectivity index (χ1v) is 5.64. The van der Waals surface area contributed by atoms with Gasteiger partial charge in [0.15, 0.2) is 0 Å². The van der Waals surface area contributed by atoms with Crippen molar-refractivity contribution >= 4 is 5.97 Å². The average molecular weight is 211 g/mol. The lowest BCUT2D eigenvalue weighted by Gasteiger charge is -2.33. The maximum atomic E-state index is 11.3. The first-order chi connectivity index (χ1) is 7.03. The van der Waals surface area contributed by atoms with Crippen LogP contribution in [-0.4, -0.2) is 34.6 Å². The smallest absolute Gasteiger partial charge is 0.324 e. The molecule has 1 atom stereocenters. The topological polar surface area (TPSA) is 40.5 Å². The third-order valence-electron chi connectivity index (χ3n) is 3.33. The summed E-state index contributed by atoms with van der Waals surface area (Å²) in [6, 6.07) is 0. The second-order valence-electron chi connectivity index (χ2n) is 4.52. The highest BCUT2D eigenvalue weighted by molar-refractivity contribution is 5.79. The molecule has 0 aromatic heterocycles. The van der Waals surface area contributed by atoms with Crippen molar-refractivity contribution < 1.29 is 9.90 Å². The fraction of sp³-hybridized carbons (Fsp3) is 0.750. The number of hydrogen-bond donors (Lipinski definition) is 1. The van der Waals surface area contributed by atoms with Crippen molar-refractivity contribution in [3.63, 3.8) is 0 Å². The zero-order valence-electron chi connectivity index (χ0n) is 9.92. The van der Waals surface area contributed by atoms with Gasteiger partial charge in [-0.1, -0.05) is 18.6 Å². The number of rotatable bonds is 4. The summed E-state index contributed by atoms with van der Waals surface area (Å²) in [5, 5.41) is 9.34. The molecule has 1 heterocycles. The predicted molar refractivity (Wildman–Crippen MR) is 60.9 cm³/mol. The van der Waals surface area contributed by atoms with Crippen molar-refractivity contribution in [3.05, 3.63) is 11.6 Å². The van der Waals surface area contributed by atoms with E-state index in [2.05, 4.69) is 11.0 Å². The molecule has 1 saturated heterocycles. The second kappa shape index (κ2) is 4.79. The molecule has 0 radical (unpaired) electrons. The zero-order valence-corrected chi connectivity index (χ0v) is 9.92. The number of carbonyl (C=O) groups is 1. The number of hydrogen-bond acceptors (Lipinski definition) is 2. The van der Waals surface area contributed by atoms with E-state index in [-0.39, 0.29) is 0 Å². The Bertz CT molecular complexity index is 269. The molecular formula is C12H21NO2. The Kier molecular flexibility index (Phi) is 3.91. The Morgan fingerprint density at radius 1 is 1.53 bits per heavy atom. The Labute approximate surface area is 91.8 Å². The highest BCUT2D eigenvalue weighted by Crippen LogP contribution is 2.32. The molecule has 0 aliphatic carbocycles. The molecule has 86 valence electrons. The normalized spacial score (nSPS) is 26.6. The van der Waals surface area contributed by atoms with Crippen molar-refractivity contribution in [2.45, 2.75) is 45.6 Å². The highest BCUT2D eigenvalue weighted by atomic mass is 16.4. The maximum Gasteiger partial charge on any atom is 0.324 e. The van der Waals surface area contributed by atoms with Gasteiger partial charge in [-0.15, -0.1) is 0 Å². The number of aliphatic carboxylic acids is 1. The van der Waals surface area contributed by atoms with Gasteiger partial charge in [-0.05, 0) is 39.7 Å². The van der Waals surface area contributed by atoms with Gasteiger partial charge in [-0.2, -0.15) is 0 Å². The minimum atomic E-state index is -0.662. The monoisotopic (exact) mass is 211 g/mol. The third kappa shape index (κ3) is 2.40. The van der Waals surface area contributed by atoms with Crippen LogP contribution >= 0.6 is 0 Å². The molecule has 1 fully saturated rings. The number of nitrogens with zero attached hydrogens (tertiary/aromatic N) is 1. The average Bonchev–Trinajstić information content (AvgIpc) is 2.58. The zero-order chi connectivity index (χ0) is 11.5. The minimum Gasteiger partial charge on any atom is -0.480 e. The molecule has 1 aliphatic heterocycles. The Balaban J connectivity index is 2.78. The van der Waals surface area contributed by atoms with E-state index in [1.54, 1.807) is 0 Å². The summed E-state index contributed by atoms with van der Waals surface area (Å²) in [7, 11) is 0. The van der Waals surface area contributed by atoms with Crippen LogP contribution in [0.4, 0.5) is 0 Å². The molecule has 0 amide bonds. The quantitative estimate of drug-likeness (QED) is 0.725. The van der Waals surface area contributed by atoms with Crippen LogP contribution in [0.3, 0.4) is 0 Å². The molecule has 1 unspecified atom stereocenters. The molecule has 1 N–H and O–H groups in total. The van der Waals surface area contributed by atoms with Crippen LogP contribution in [-0.2, 0) is 4.79 Å². The molecule has 0 aromatic carbocycles. The Morgan fingerprint density at radius 2 is 2.20 bits per heavy atom. The van der Waals surface area contributed by atoms with Crippen LogP contribution < -0.4 is 0 Å². The molecule has 15 heavy (non-hydrogen) atoms. The molecule has 1 rings (SSSR count). The molecule has 3 heteroatoms. The molecule has 0 bridgehead atoms. The van der Waals surface area contributed by atoms with Crippen LogP contribution in [0.2, 0.25) is 0 Å². The van der Waals surface area contributed by atoms with E-state index in [1.165, 1.54) is 5.57 Å². The summed E-state index contributed by atoms with van der Waals surface area (Å²) in [6.07, 6.45) is 4.59. The van der Waals surface area contributed by atoms with Gasteiger partial charge in [-0.3, -0.25) is 9.69 Å². The summed E-state index contributed by atoms with van der Waals surface area (Å²) < 4.78 is 0. The summed E-state index contributed by atoms with van der Waals surface area (Å²) in [5.74, 6) is -0.662. The molecule has 3 nitrogen and oxygen atoms in total. The lowest BCUT2D eigenvalue weighted by Crippen LogP contribution is -2.50. The van der Waals surface area contributed by atoms with Gasteiger partial charge in [-0.25, -0.2) is 0 Å². The largest absolute Gasteiger partial charge is 0.480 e. The lowest BCUT2D eigenvalue weighted by atomic mass is 9.93. The third-order valence-corrected chi connectivity index (χ3v) is 3.33. The standard InChI is InChI=1S/C12H21NO2/c1-4-12(11(14)15)7-5-8-13(12)9-6-10(2)3/h6H,4-5,7-9H2,1-3H3,(H,14,15). The Morgan fingerprint density at radius 3 is 2.67 bits per heavy atom. The van der Waals surface area contributed by atoms with Gasteiger partial charge in [0.25, 0.3) is 0 Å². The van der Waals surface area contributed by atoms with Crippen molar-refractivity contribution in [1.29, 1.82) is 0 Å². The van der Waals surface area contributed by atoms with Crippen LogP contribution in [0.1, 0.15) is 40.0 Å². The van der Waals surface area contributed by atoms with Gasteiger partial charge in [0.1, 0.15) is 5.54 Å². The number of allylic oxidation sites excluding steroid dienone is 1. The van der Waals surface area contributed by atoms with E-state index in [1.807, 2.05) is 20.8 Å². The van der Waals surface area contributed by atoms with Gasteiger partial charge in [0.05, 0.1) is 0 Å². The summed E-state index contributed by atoms with van der Waals surface area (Å²) in [4.78, 5) is 13.4. The van der Waals surface area contributed by atoms with Crippen molar-refractivity contribution in [1.82, 2.24) is 4.90 Å². The summed E-state index contributed by atoms with van der Waals surface area (Å²) >= 11 is 0. The highest BCUT2D eigenvalue weighted by Gasteiger charge is 2.45. The first kappa shape index (κ1) is 12.2. The SMILES string of the molecule is CCC1(C(=O)O)CCCN1CC=C(C)C. The Hall–Kier alpha value is -0.830. The van der Waals surface area contributed by atoms with Crippen molar-refractivity contribution in [2.75, 3.05) is 13.1 Å². The summed E-state index contributed by atoms with van der Waals surface area (Å²) in [5.41, 5.74) is 0.642. The fourth-order valence-electron chi connectivity index (χ4n) is 2.29. The van der Waals surface area contributed by atoms with Crippen LogP contribution in [0, 0.1) is 0 Å². The van der Waals surface area contributed by atoms with Gasteiger partial charge >= 0.3 is 5.97 Å². The maximum absolute atomic E-state index is 11.3. The van der Waals surface area contributed by atoms with E-state index in [0.29, 0.717) is 6.42 Å².